The molecule has 0 aliphatic heterocycles. The van der Waals surface area contributed by atoms with Gasteiger partial charge in [0.05, 0.1) is 5.52 Å². The summed E-state index contributed by atoms with van der Waals surface area (Å²) >= 11 is 0. The van der Waals surface area contributed by atoms with Crippen molar-refractivity contribution in [1.82, 2.24) is 4.57 Å². The molecule has 0 saturated carbocycles. The first-order chi connectivity index (χ1) is 8.13. The molecule has 0 spiro atoms. The molecule has 0 aliphatic rings. The fourth-order valence-electron chi connectivity index (χ4n) is 2.11. The van der Waals surface area contributed by atoms with Gasteiger partial charge in [0.25, 0.3) is 5.56 Å². The Labute approximate surface area is 101 Å². The third-order valence-electron chi connectivity index (χ3n) is 3.11. The Morgan fingerprint density at radius 2 is 2.06 bits per heavy atom. The van der Waals surface area contributed by atoms with E-state index >= 15 is 0 Å². The molecule has 2 aromatic rings. The van der Waals surface area contributed by atoms with Gasteiger partial charge in [0.2, 0.25) is 0 Å². The number of fused-ring (bicyclic) bond motifs is 1. The number of nitrogens with two attached hydrogens (primary N) is 1. The Bertz CT molecular complexity index is 599. The van der Waals surface area contributed by atoms with Crippen LogP contribution in [0.2, 0.25) is 0 Å². The Hall–Kier alpha value is -1.61. The molecule has 0 radical (unpaired) electrons. The van der Waals surface area contributed by atoms with Crippen LogP contribution in [0, 0.1) is 6.92 Å². The lowest BCUT2D eigenvalue weighted by molar-refractivity contribution is 0.799. The van der Waals surface area contributed by atoms with Gasteiger partial charge in [-0.1, -0.05) is 12.1 Å². The molecule has 1 aromatic carbocycles. The molecule has 2 N–H and O–H groups in total. The maximum absolute atomic E-state index is 12.1. The molecule has 0 amide bonds. The van der Waals surface area contributed by atoms with Crippen LogP contribution in [0.25, 0.3) is 10.9 Å². The Morgan fingerprint density at radius 3 is 2.76 bits per heavy atom. The molecule has 17 heavy (non-hydrogen) atoms. The van der Waals surface area contributed by atoms with E-state index in [2.05, 4.69) is 12.1 Å². The summed E-state index contributed by atoms with van der Waals surface area (Å²) in [6, 6.07) is 8.17. The van der Waals surface area contributed by atoms with E-state index in [0.717, 1.165) is 29.3 Å². The van der Waals surface area contributed by atoms with Gasteiger partial charge in [-0.15, -0.1) is 0 Å². The summed E-state index contributed by atoms with van der Waals surface area (Å²) in [6.07, 6.45) is 1.61. The van der Waals surface area contributed by atoms with Crippen LogP contribution in [0.1, 0.15) is 17.5 Å². The molecule has 0 bridgehead atoms. The van der Waals surface area contributed by atoms with Crippen LogP contribution in [0.3, 0.4) is 0 Å². The molecule has 0 unspecified atom stereocenters. The molecule has 90 valence electrons. The van der Waals surface area contributed by atoms with E-state index in [-0.39, 0.29) is 5.56 Å². The molecule has 2 rings (SSSR count). The van der Waals surface area contributed by atoms with Crippen LogP contribution in [-0.4, -0.2) is 11.1 Å². The van der Waals surface area contributed by atoms with Crippen molar-refractivity contribution in [2.75, 3.05) is 6.54 Å². The van der Waals surface area contributed by atoms with Gasteiger partial charge in [-0.3, -0.25) is 4.79 Å². The molecular formula is C14H18N2O. The number of benzene rings is 1. The van der Waals surface area contributed by atoms with E-state index in [9.17, 15) is 4.79 Å². The van der Waals surface area contributed by atoms with E-state index in [1.807, 2.05) is 26.1 Å². The van der Waals surface area contributed by atoms with Crippen molar-refractivity contribution in [3.05, 3.63) is 45.7 Å². The zero-order valence-electron chi connectivity index (χ0n) is 10.4. The van der Waals surface area contributed by atoms with Crippen molar-refractivity contribution in [2.24, 2.45) is 12.8 Å². The highest BCUT2D eigenvalue weighted by Gasteiger charge is 2.06. The van der Waals surface area contributed by atoms with Gasteiger partial charge < -0.3 is 10.3 Å². The monoisotopic (exact) mass is 230 g/mol. The number of hydrogen-bond donors (Lipinski definition) is 1. The first-order valence-corrected chi connectivity index (χ1v) is 5.93. The van der Waals surface area contributed by atoms with E-state index < -0.39 is 0 Å². The second-order valence-corrected chi connectivity index (χ2v) is 4.49. The molecular weight excluding hydrogens is 212 g/mol. The first kappa shape index (κ1) is 11.9. The van der Waals surface area contributed by atoms with Crippen LogP contribution in [0.15, 0.2) is 29.1 Å². The van der Waals surface area contributed by atoms with Gasteiger partial charge in [0.15, 0.2) is 0 Å². The van der Waals surface area contributed by atoms with Crippen molar-refractivity contribution in [3.63, 3.8) is 0 Å². The highest BCUT2D eigenvalue weighted by atomic mass is 16.1. The summed E-state index contributed by atoms with van der Waals surface area (Å²) in [5, 5.41) is 1.12. The quantitative estimate of drug-likeness (QED) is 0.873. The number of aryl methyl sites for hydroxylation is 3. The van der Waals surface area contributed by atoms with E-state index in [4.69, 9.17) is 5.73 Å². The number of pyridine rings is 1. The lowest BCUT2D eigenvalue weighted by atomic mass is 10.1. The largest absolute Gasteiger partial charge is 0.330 e. The van der Waals surface area contributed by atoms with Crippen LogP contribution in [0.4, 0.5) is 0 Å². The minimum Gasteiger partial charge on any atom is -0.330 e. The standard InChI is InChI=1S/C14H18N2O/c1-10-5-6-11-9-12(4-3-7-15)14(17)16(2)13(11)8-10/h5-6,8-9H,3-4,7,15H2,1-2H3. The van der Waals surface area contributed by atoms with Gasteiger partial charge in [-0.25, -0.2) is 0 Å². The third-order valence-corrected chi connectivity index (χ3v) is 3.11. The molecule has 3 heteroatoms. The van der Waals surface area contributed by atoms with Crippen LogP contribution in [-0.2, 0) is 13.5 Å². The highest BCUT2D eigenvalue weighted by molar-refractivity contribution is 5.80. The normalized spacial score (nSPS) is 11.0. The average molecular weight is 230 g/mol. The molecule has 0 atom stereocenters. The Kier molecular flexibility index (Phi) is 3.29. The summed E-state index contributed by atoms with van der Waals surface area (Å²) in [4.78, 5) is 12.1. The fourth-order valence-corrected chi connectivity index (χ4v) is 2.11. The van der Waals surface area contributed by atoms with Crippen molar-refractivity contribution in [2.45, 2.75) is 19.8 Å². The lowest BCUT2D eigenvalue weighted by Gasteiger charge is -2.09. The Balaban J connectivity index is 2.62. The van der Waals surface area contributed by atoms with E-state index in [1.54, 1.807) is 4.57 Å². The predicted octanol–water partition coefficient (Wildman–Crippen LogP) is 1.74. The summed E-state index contributed by atoms with van der Waals surface area (Å²) in [6.45, 7) is 2.65. The number of aromatic nitrogens is 1. The number of nitrogens with zero attached hydrogens (tertiary/aromatic N) is 1. The zero-order valence-corrected chi connectivity index (χ0v) is 10.4. The van der Waals surface area contributed by atoms with Gasteiger partial charge in [0.1, 0.15) is 0 Å². The minimum atomic E-state index is 0.0940. The van der Waals surface area contributed by atoms with E-state index in [0.29, 0.717) is 6.54 Å². The molecule has 1 aromatic heterocycles. The second kappa shape index (κ2) is 4.72. The highest BCUT2D eigenvalue weighted by Crippen LogP contribution is 2.15. The van der Waals surface area contributed by atoms with Gasteiger partial charge in [0, 0.05) is 12.6 Å². The second-order valence-electron chi connectivity index (χ2n) is 4.49. The maximum Gasteiger partial charge on any atom is 0.253 e. The molecule has 1 heterocycles. The van der Waals surface area contributed by atoms with E-state index in [1.165, 1.54) is 5.56 Å². The van der Waals surface area contributed by atoms with Gasteiger partial charge in [-0.05, 0) is 49.4 Å². The smallest absolute Gasteiger partial charge is 0.253 e. The molecule has 0 saturated heterocycles. The van der Waals surface area contributed by atoms with Crippen LogP contribution >= 0.6 is 0 Å². The van der Waals surface area contributed by atoms with Gasteiger partial charge in [-0.2, -0.15) is 0 Å². The summed E-state index contributed by atoms with van der Waals surface area (Å²) < 4.78 is 1.73. The average Bonchev–Trinajstić information content (AvgIpc) is 2.33. The minimum absolute atomic E-state index is 0.0940. The van der Waals surface area contributed by atoms with Crippen molar-refractivity contribution in [1.29, 1.82) is 0 Å². The predicted molar refractivity (Wildman–Crippen MR) is 71.3 cm³/mol. The lowest BCUT2D eigenvalue weighted by Crippen LogP contribution is -2.21. The maximum atomic E-state index is 12.1. The van der Waals surface area contributed by atoms with Crippen LogP contribution in [0.5, 0.6) is 0 Å². The third kappa shape index (κ3) is 2.24. The summed E-state index contributed by atoms with van der Waals surface area (Å²) in [7, 11) is 1.83. The zero-order chi connectivity index (χ0) is 12.4. The first-order valence-electron chi connectivity index (χ1n) is 5.93. The summed E-state index contributed by atoms with van der Waals surface area (Å²) in [5.41, 5.74) is 8.60. The molecule has 3 nitrogen and oxygen atoms in total. The van der Waals surface area contributed by atoms with Gasteiger partial charge >= 0.3 is 0 Å². The Morgan fingerprint density at radius 1 is 1.29 bits per heavy atom. The van der Waals surface area contributed by atoms with Crippen molar-refractivity contribution >= 4 is 10.9 Å². The van der Waals surface area contributed by atoms with Crippen molar-refractivity contribution < 1.29 is 0 Å². The number of rotatable bonds is 3. The number of hydrogen-bond acceptors (Lipinski definition) is 2. The molecule has 0 aliphatic carbocycles. The topological polar surface area (TPSA) is 48.0 Å². The molecule has 0 fully saturated rings. The SMILES string of the molecule is Cc1ccc2cc(CCCN)c(=O)n(C)c2c1. The fraction of sp³-hybridized carbons (Fsp3) is 0.357. The van der Waals surface area contributed by atoms with Crippen LogP contribution < -0.4 is 11.3 Å². The summed E-state index contributed by atoms with van der Waals surface area (Å²) in [5.74, 6) is 0. The van der Waals surface area contributed by atoms with Crippen molar-refractivity contribution in [3.8, 4) is 0 Å².